The fourth-order valence-corrected chi connectivity index (χ4v) is 2.65. The second-order valence-corrected chi connectivity index (χ2v) is 6.99. The number of carbonyl (C=O) groups is 3. The normalized spacial score (nSPS) is 10.4. The van der Waals surface area contributed by atoms with E-state index in [-0.39, 0.29) is 19.1 Å². The summed E-state index contributed by atoms with van der Waals surface area (Å²) in [7, 11) is 0. The molecule has 0 spiro atoms. The first kappa shape index (κ1) is 25.1. The van der Waals surface area contributed by atoms with E-state index < -0.39 is 11.8 Å². The van der Waals surface area contributed by atoms with Gasteiger partial charge in [-0.15, -0.1) is 6.58 Å². The average molecular weight is 453 g/mol. The summed E-state index contributed by atoms with van der Waals surface area (Å²) < 4.78 is 11.2. The number of anilines is 1. The fraction of sp³-hybridized carbons (Fsp3) is 0.250. The number of nitrogens with one attached hydrogen (secondary N) is 3. The molecule has 2 aromatic carbocycles. The number of hydrogen-bond donors (Lipinski definition) is 3. The van der Waals surface area contributed by atoms with E-state index in [9.17, 15) is 14.4 Å². The van der Waals surface area contributed by atoms with Gasteiger partial charge in [0.05, 0.1) is 12.8 Å². The van der Waals surface area contributed by atoms with Gasteiger partial charge in [0.2, 0.25) is 0 Å². The van der Waals surface area contributed by atoms with Crippen LogP contribution >= 0.6 is 0 Å². The molecule has 0 aromatic heterocycles. The number of hydrogen-bond acceptors (Lipinski definition) is 6. The van der Waals surface area contributed by atoms with E-state index in [1.165, 1.54) is 12.3 Å². The van der Waals surface area contributed by atoms with Crippen LogP contribution in [0.5, 0.6) is 11.5 Å². The van der Waals surface area contributed by atoms with Crippen LogP contribution in [0.2, 0.25) is 0 Å². The van der Waals surface area contributed by atoms with Crippen molar-refractivity contribution in [3.05, 3.63) is 65.7 Å². The third kappa shape index (κ3) is 8.13. The molecular weight excluding hydrogens is 424 g/mol. The first-order valence-electron chi connectivity index (χ1n) is 10.3. The highest BCUT2D eigenvalue weighted by Gasteiger charge is 2.12. The molecule has 9 nitrogen and oxygen atoms in total. The lowest BCUT2D eigenvalue weighted by atomic mass is 10.1. The fourth-order valence-electron chi connectivity index (χ4n) is 2.65. The van der Waals surface area contributed by atoms with E-state index in [1.54, 1.807) is 18.2 Å². The van der Waals surface area contributed by atoms with E-state index in [4.69, 9.17) is 9.47 Å². The Labute approximate surface area is 192 Å². The summed E-state index contributed by atoms with van der Waals surface area (Å²) >= 11 is 0. The van der Waals surface area contributed by atoms with Gasteiger partial charge in [0.25, 0.3) is 5.91 Å². The molecule has 0 aliphatic rings. The van der Waals surface area contributed by atoms with E-state index in [1.807, 2.05) is 39.0 Å². The largest absolute Gasteiger partial charge is 0.490 e. The molecule has 3 amide bonds. The number of hydrazone groups is 1. The summed E-state index contributed by atoms with van der Waals surface area (Å²) in [5.74, 6) is -1.21. The van der Waals surface area contributed by atoms with Crippen LogP contribution in [0.15, 0.2) is 54.2 Å². The molecule has 0 saturated heterocycles. The third-order valence-electron chi connectivity index (χ3n) is 4.29. The summed E-state index contributed by atoms with van der Waals surface area (Å²) in [6.07, 6.45) is 2.82. The third-order valence-corrected chi connectivity index (χ3v) is 4.29. The van der Waals surface area contributed by atoms with Crippen LogP contribution in [0, 0.1) is 13.8 Å². The molecule has 3 N–H and O–H groups in total. The van der Waals surface area contributed by atoms with Crippen LogP contribution in [-0.2, 0) is 14.4 Å². The summed E-state index contributed by atoms with van der Waals surface area (Å²) in [6.45, 7) is 9.50. The first-order valence-corrected chi connectivity index (χ1v) is 10.3. The van der Waals surface area contributed by atoms with Crippen LogP contribution in [0.4, 0.5) is 5.69 Å². The van der Waals surface area contributed by atoms with Gasteiger partial charge in [0.15, 0.2) is 18.1 Å². The van der Waals surface area contributed by atoms with Crippen molar-refractivity contribution >= 4 is 29.6 Å². The monoisotopic (exact) mass is 452 g/mol. The zero-order chi connectivity index (χ0) is 24.2. The van der Waals surface area contributed by atoms with E-state index in [2.05, 4.69) is 27.7 Å². The minimum atomic E-state index is -0.895. The predicted molar refractivity (Wildman–Crippen MR) is 127 cm³/mol. The van der Waals surface area contributed by atoms with Crippen LogP contribution in [-0.4, -0.2) is 43.7 Å². The molecule has 0 aliphatic carbocycles. The first-order chi connectivity index (χ1) is 15.8. The minimum Gasteiger partial charge on any atom is -0.490 e. The zero-order valence-corrected chi connectivity index (χ0v) is 18.9. The Kier molecular flexibility index (Phi) is 9.63. The molecule has 0 heterocycles. The SMILES string of the molecule is C=CCNC(=O)C(=O)N/N=C\c1ccc(OCC(=O)Nc2cc(C)ccc2C)c(OCC)c1. The highest BCUT2D eigenvalue weighted by atomic mass is 16.5. The quantitative estimate of drug-likeness (QED) is 0.222. The maximum Gasteiger partial charge on any atom is 0.329 e. The van der Waals surface area contributed by atoms with Gasteiger partial charge in [0.1, 0.15) is 0 Å². The van der Waals surface area contributed by atoms with Gasteiger partial charge in [-0.25, -0.2) is 5.43 Å². The Morgan fingerprint density at radius 3 is 2.55 bits per heavy atom. The van der Waals surface area contributed by atoms with Crippen molar-refractivity contribution in [2.24, 2.45) is 5.10 Å². The Bertz CT molecular complexity index is 1050. The van der Waals surface area contributed by atoms with Crippen molar-refractivity contribution in [3.8, 4) is 11.5 Å². The number of ether oxygens (including phenoxy) is 2. The van der Waals surface area contributed by atoms with Gasteiger partial charge in [0, 0.05) is 12.2 Å². The Morgan fingerprint density at radius 1 is 1.03 bits per heavy atom. The molecule has 0 radical (unpaired) electrons. The molecule has 33 heavy (non-hydrogen) atoms. The highest BCUT2D eigenvalue weighted by molar-refractivity contribution is 6.35. The van der Waals surface area contributed by atoms with Crippen molar-refractivity contribution in [2.45, 2.75) is 20.8 Å². The Hall–Kier alpha value is -4.14. The van der Waals surface area contributed by atoms with Gasteiger partial charge >= 0.3 is 11.8 Å². The molecule has 0 fully saturated rings. The number of carbonyl (C=O) groups excluding carboxylic acids is 3. The van der Waals surface area contributed by atoms with Crippen LogP contribution in [0.3, 0.4) is 0 Å². The number of rotatable bonds is 10. The molecule has 0 bridgehead atoms. The second kappa shape index (κ2) is 12.7. The van der Waals surface area contributed by atoms with Crippen molar-refractivity contribution in [1.29, 1.82) is 0 Å². The molecule has 0 aliphatic heterocycles. The van der Waals surface area contributed by atoms with Crippen LogP contribution < -0.4 is 25.5 Å². The average Bonchev–Trinajstić information content (AvgIpc) is 2.79. The second-order valence-electron chi connectivity index (χ2n) is 6.99. The topological polar surface area (TPSA) is 118 Å². The molecular formula is C24H28N4O5. The minimum absolute atomic E-state index is 0.178. The van der Waals surface area contributed by atoms with Gasteiger partial charge < -0.3 is 20.1 Å². The van der Waals surface area contributed by atoms with Gasteiger partial charge in [-0.1, -0.05) is 18.2 Å². The lowest BCUT2D eigenvalue weighted by Gasteiger charge is -2.13. The summed E-state index contributed by atoms with van der Waals surface area (Å²) in [6, 6.07) is 10.8. The van der Waals surface area contributed by atoms with Crippen LogP contribution in [0.1, 0.15) is 23.6 Å². The molecule has 0 saturated carbocycles. The maximum absolute atomic E-state index is 12.3. The molecule has 2 rings (SSSR count). The number of amides is 3. The Balaban J connectivity index is 1.98. The lowest BCUT2D eigenvalue weighted by molar-refractivity contribution is -0.139. The molecule has 9 heteroatoms. The van der Waals surface area contributed by atoms with Crippen molar-refractivity contribution in [3.63, 3.8) is 0 Å². The van der Waals surface area contributed by atoms with Crippen LogP contribution in [0.25, 0.3) is 0 Å². The smallest absolute Gasteiger partial charge is 0.329 e. The standard InChI is InChI=1S/C24H28N4O5/c1-5-11-25-23(30)24(31)28-26-14-18-9-10-20(21(13-18)32-6-2)33-15-22(29)27-19-12-16(3)7-8-17(19)4/h5,7-10,12-14H,1,6,11,15H2,2-4H3,(H,25,30)(H,27,29)(H,28,31)/b26-14-. The lowest BCUT2D eigenvalue weighted by Crippen LogP contribution is -2.37. The van der Waals surface area contributed by atoms with Crippen molar-refractivity contribution < 1.29 is 23.9 Å². The van der Waals surface area contributed by atoms with Gasteiger partial charge in [-0.05, 0) is 61.7 Å². The van der Waals surface area contributed by atoms with Gasteiger partial charge in [-0.2, -0.15) is 5.10 Å². The van der Waals surface area contributed by atoms with Crippen molar-refractivity contribution in [2.75, 3.05) is 25.1 Å². The maximum atomic E-state index is 12.3. The Morgan fingerprint density at radius 2 is 1.82 bits per heavy atom. The van der Waals surface area contributed by atoms with Gasteiger partial charge in [-0.3, -0.25) is 14.4 Å². The highest BCUT2D eigenvalue weighted by Crippen LogP contribution is 2.28. The number of nitrogens with zero attached hydrogens (tertiary/aromatic N) is 1. The zero-order valence-electron chi connectivity index (χ0n) is 18.9. The number of aryl methyl sites for hydroxylation is 2. The summed E-state index contributed by atoms with van der Waals surface area (Å²) in [5, 5.41) is 8.95. The predicted octanol–water partition coefficient (Wildman–Crippen LogP) is 2.47. The van der Waals surface area contributed by atoms with E-state index in [0.29, 0.717) is 23.7 Å². The molecule has 0 atom stereocenters. The van der Waals surface area contributed by atoms with E-state index >= 15 is 0 Å². The summed E-state index contributed by atoms with van der Waals surface area (Å²) in [5.41, 5.74) is 5.47. The molecule has 0 unspecified atom stereocenters. The molecule has 2 aromatic rings. The number of benzene rings is 2. The van der Waals surface area contributed by atoms with E-state index in [0.717, 1.165) is 16.8 Å². The van der Waals surface area contributed by atoms with Crippen molar-refractivity contribution in [1.82, 2.24) is 10.7 Å². The summed E-state index contributed by atoms with van der Waals surface area (Å²) in [4.78, 5) is 35.5. The molecule has 174 valence electrons.